The lowest BCUT2D eigenvalue weighted by Gasteiger charge is -2.19. The number of nitrogens with one attached hydrogen (secondary N) is 3. The summed E-state index contributed by atoms with van der Waals surface area (Å²) in [6.45, 7) is 2.81. The van der Waals surface area contributed by atoms with Gasteiger partial charge in [-0.2, -0.15) is 15.4 Å². The minimum absolute atomic E-state index is 0.545. The van der Waals surface area contributed by atoms with E-state index >= 15 is 0 Å². The molecular formula is C22H23N9. The van der Waals surface area contributed by atoms with Gasteiger partial charge in [-0.25, -0.2) is 15.0 Å². The molecule has 2 fully saturated rings. The summed E-state index contributed by atoms with van der Waals surface area (Å²) in [4.78, 5) is 19.3. The summed E-state index contributed by atoms with van der Waals surface area (Å²) in [5.74, 6) is 4.26. The second kappa shape index (κ2) is 7.50. The van der Waals surface area contributed by atoms with Crippen molar-refractivity contribution < 1.29 is 0 Å². The van der Waals surface area contributed by atoms with Crippen LogP contribution in [0.25, 0.3) is 11.5 Å². The van der Waals surface area contributed by atoms with Crippen molar-refractivity contribution in [3.63, 3.8) is 0 Å². The van der Waals surface area contributed by atoms with Gasteiger partial charge in [-0.05, 0) is 29.9 Å². The quantitative estimate of drug-likeness (QED) is 0.427. The lowest BCUT2D eigenvalue weighted by atomic mass is 10.1. The fourth-order valence-corrected chi connectivity index (χ4v) is 4.67. The van der Waals surface area contributed by atoms with Crippen molar-refractivity contribution in [1.82, 2.24) is 35.3 Å². The van der Waals surface area contributed by atoms with Crippen molar-refractivity contribution in [2.45, 2.75) is 12.3 Å². The first-order valence-corrected chi connectivity index (χ1v) is 10.6. The molecule has 2 atom stereocenters. The number of fused-ring (bicyclic) bond motifs is 1. The standard InChI is InChI=1S/C22H23N9/c1-2-4-14(5-3-1)6-8-23-22-24-9-7-17(27-22)21-25-11-19(28-21)31-12-15-16(13-31)20(15)18-10-26-30-29-18/h1-5,7,9-11,15-16,20H,6,8,12-13H2,(H,25,28)(H,23,24,27)(H,26,29,30). The largest absolute Gasteiger partial charge is 0.356 e. The highest BCUT2D eigenvalue weighted by molar-refractivity contribution is 5.56. The summed E-state index contributed by atoms with van der Waals surface area (Å²) >= 11 is 0. The van der Waals surface area contributed by atoms with E-state index in [9.17, 15) is 0 Å². The zero-order chi connectivity index (χ0) is 20.6. The van der Waals surface area contributed by atoms with E-state index in [2.05, 4.69) is 69.8 Å². The van der Waals surface area contributed by atoms with Gasteiger partial charge in [0.2, 0.25) is 5.95 Å². The topological polar surface area (TPSA) is 111 Å². The first-order valence-electron chi connectivity index (χ1n) is 10.6. The molecule has 1 aliphatic heterocycles. The Kier molecular flexibility index (Phi) is 4.37. The van der Waals surface area contributed by atoms with Crippen molar-refractivity contribution in [2.24, 2.45) is 11.8 Å². The summed E-state index contributed by atoms with van der Waals surface area (Å²) in [5.41, 5.74) is 3.16. The molecule has 0 amide bonds. The number of hydrogen-bond acceptors (Lipinski definition) is 7. The number of imidazole rings is 1. The van der Waals surface area contributed by atoms with E-state index in [4.69, 9.17) is 0 Å². The van der Waals surface area contributed by atoms with E-state index in [1.165, 1.54) is 5.56 Å². The Balaban J connectivity index is 1.08. The molecule has 1 saturated carbocycles. The van der Waals surface area contributed by atoms with Crippen molar-refractivity contribution in [3.8, 4) is 11.5 Å². The Bertz CT molecular complexity index is 1140. The second-order valence-corrected chi connectivity index (χ2v) is 8.20. The Labute approximate surface area is 179 Å². The highest BCUT2D eigenvalue weighted by Crippen LogP contribution is 2.57. The molecule has 0 radical (unpaired) electrons. The molecule has 6 rings (SSSR count). The predicted molar refractivity (Wildman–Crippen MR) is 117 cm³/mol. The maximum atomic E-state index is 4.63. The fraction of sp³-hybridized carbons (Fsp3) is 0.318. The summed E-state index contributed by atoms with van der Waals surface area (Å²) in [6, 6.07) is 12.3. The average Bonchev–Trinajstić information content (AvgIpc) is 3.34. The van der Waals surface area contributed by atoms with Gasteiger partial charge in [0, 0.05) is 31.7 Å². The highest BCUT2D eigenvalue weighted by atomic mass is 15.3. The molecule has 156 valence electrons. The molecule has 3 N–H and O–H groups in total. The van der Waals surface area contributed by atoms with E-state index in [0.717, 1.165) is 49.1 Å². The van der Waals surface area contributed by atoms with E-state index in [1.54, 1.807) is 6.20 Å². The molecule has 2 aliphatic rings. The van der Waals surface area contributed by atoms with Crippen LogP contribution in [0.15, 0.2) is 55.0 Å². The van der Waals surface area contributed by atoms with Gasteiger partial charge in [0.25, 0.3) is 0 Å². The maximum absolute atomic E-state index is 4.63. The first kappa shape index (κ1) is 18.1. The average molecular weight is 413 g/mol. The molecule has 4 heterocycles. The minimum Gasteiger partial charge on any atom is -0.356 e. The van der Waals surface area contributed by atoms with Gasteiger partial charge >= 0.3 is 0 Å². The SMILES string of the molecule is c1ccc(CCNc2nccc(-c3ncc(N4CC5C(C4)C5c4cn[nH]n4)[nH]3)n2)cc1. The zero-order valence-electron chi connectivity index (χ0n) is 16.9. The van der Waals surface area contributed by atoms with E-state index < -0.39 is 0 Å². The van der Waals surface area contributed by atoms with Gasteiger partial charge in [0.15, 0.2) is 5.82 Å². The number of hydrogen-bond donors (Lipinski definition) is 3. The molecule has 3 aromatic heterocycles. The van der Waals surface area contributed by atoms with Gasteiger partial charge in [0.1, 0.15) is 11.5 Å². The molecule has 1 aliphatic carbocycles. The molecule has 1 saturated heterocycles. The summed E-state index contributed by atoms with van der Waals surface area (Å²) in [6.07, 6.45) is 6.44. The number of piperidine rings is 1. The van der Waals surface area contributed by atoms with Crippen molar-refractivity contribution in [3.05, 3.63) is 66.2 Å². The van der Waals surface area contributed by atoms with Crippen molar-refractivity contribution in [2.75, 3.05) is 29.9 Å². The maximum Gasteiger partial charge on any atom is 0.223 e. The molecule has 0 bridgehead atoms. The minimum atomic E-state index is 0.545. The number of nitrogens with zero attached hydrogens (tertiary/aromatic N) is 6. The van der Waals surface area contributed by atoms with E-state index in [1.807, 2.05) is 24.5 Å². The van der Waals surface area contributed by atoms with Crippen LogP contribution in [0.5, 0.6) is 0 Å². The summed E-state index contributed by atoms with van der Waals surface area (Å²) < 4.78 is 0. The van der Waals surface area contributed by atoms with Crippen LogP contribution in [-0.2, 0) is 6.42 Å². The Morgan fingerprint density at radius 2 is 1.90 bits per heavy atom. The molecule has 9 nitrogen and oxygen atoms in total. The second-order valence-electron chi connectivity index (χ2n) is 8.20. The Morgan fingerprint density at radius 3 is 2.71 bits per heavy atom. The Hall–Kier alpha value is -3.75. The highest BCUT2D eigenvalue weighted by Gasteiger charge is 2.57. The van der Waals surface area contributed by atoms with Crippen LogP contribution in [-0.4, -0.2) is 55.0 Å². The van der Waals surface area contributed by atoms with E-state index in [0.29, 0.717) is 23.7 Å². The molecule has 1 aromatic carbocycles. The van der Waals surface area contributed by atoms with Crippen LogP contribution in [0.2, 0.25) is 0 Å². The number of benzene rings is 1. The number of aromatic amines is 2. The van der Waals surface area contributed by atoms with E-state index in [-0.39, 0.29) is 0 Å². The number of rotatable bonds is 7. The van der Waals surface area contributed by atoms with Gasteiger partial charge < -0.3 is 15.2 Å². The van der Waals surface area contributed by atoms with Crippen LogP contribution >= 0.6 is 0 Å². The van der Waals surface area contributed by atoms with Gasteiger partial charge in [0.05, 0.1) is 18.1 Å². The monoisotopic (exact) mass is 413 g/mol. The van der Waals surface area contributed by atoms with Crippen LogP contribution in [0.3, 0.4) is 0 Å². The fourth-order valence-electron chi connectivity index (χ4n) is 4.67. The number of H-pyrrole nitrogens is 2. The van der Waals surface area contributed by atoms with Crippen LogP contribution in [0.4, 0.5) is 11.8 Å². The lowest BCUT2D eigenvalue weighted by molar-refractivity contribution is 0.729. The Morgan fingerprint density at radius 1 is 1.03 bits per heavy atom. The smallest absolute Gasteiger partial charge is 0.223 e. The third kappa shape index (κ3) is 3.52. The molecule has 4 aromatic rings. The van der Waals surface area contributed by atoms with Crippen molar-refractivity contribution >= 4 is 11.8 Å². The third-order valence-electron chi connectivity index (χ3n) is 6.31. The molecular weight excluding hydrogens is 390 g/mol. The summed E-state index contributed by atoms with van der Waals surface area (Å²) in [5, 5.41) is 14.2. The van der Waals surface area contributed by atoms with Crippen LogP contribution in [0.1, 0.15) is 17.2 Å². The normalized spacial score (nSPS) is 21.8. The zero-order valence-corrected chi connectivity index (χ0v) is 16.9. The molecule has 2 unspecified atom stereocenters. The van der Waals surface area contributed by atoms with Crippen LogP contribution in [0, 0.1) is 11.8 Å². The summed E-state index contributed by atoms with van der Waals surface area (Å²) in [7, 11) is 0. The van der Waals surface area contributed by atoms with Gasteiger partial charge in [-0.3, -0.25) is 0 Å². The van der Waals surface area contributed by atoms with Gasteiger partial charge in [-0.1, -0.05) is 30.3 Å². The molecule has 9 heteroatoms. The third-order valence-corrected chi connectivity index (χ3v) is 6.31. The van der Waals surface area contributed by atoms with Crippen LogP contribution < -0.4 is 10.2 Å². The lowest BCUT2D eigenvalue weighted by Crippen LogP contribution is -2.23. The predicted octanol–water partition coefficient (Wildman–Crippen LogP) is 2.49. The van der Waals surface area contributed by atoms with Crippen molar-refractivity contribution in [1.29, 1.82) is 0 Å². The number of aromatic nitrogens is 7. The first-order chi connectivity index (χ1) is 15.3. The number of anilines is 2. The molecule has 31 heavy (non-hydrogen) atoms. The molecule has 0 spiro atoms. The van der Waals surface area contributed by atoms with Gasteiger partial charge in [-0.15, -0.1) is 0 Å².